The first-order chi connectivity index (χ1) is 12.3. The Labute approximate surface area is 148 Å². The van der Waals surface area contributed by atoms with Crippen LogP contribution in [-0.4, -0.2) is 32.0 Å². The number of anilines is 1. The SMILES string of the molecule is COc1cccc(C(=O)NCCN(C(C)=O)c2ccc(F)c(F)c2F)c1. The number of halogens is 3. The minimum absolute atomic E-state index is 0.0198. The Kier molecular flexibility index (Phi) is 6.21. The zero-order valence-electron chi connectivity index (χ0n) is 14.2. The first-order valence-electron chi connectivity index (χ1n) is 7.69. The van der Waals surface area contributed by atoms with Gasteiger partial charge in [0.2, 0.25) is 5.91 Å². The fourth-order valence-corrected chi connectivity index (χ4v) is 2.32. The third-order valence-electron chi connectivity index (χ3n) is 3.64. The summed E-state index contributed by atoms with van der Waals surface area (Å²) in [7, 11) is 1.47. The normalized spacial score (nSPS) is 10.3. The van der Waals surface area contributed by atoms with Crippen molar-refractivity contribution >= 4 is 17.5 Å². The van der Waals surface area contributed by atoms with Crippen LogP contribution in [0.25, 0.3) is 0 Å². The highest BCUT2D eigenvalue weighted by Crippen LogP contribution is 2.23. The highest BCUT2D eigenvalue weighted by atomic mass is 19.2. The summed E-state index contributed by atoms with van der Waals surface area (Å²) in [5, 5.41) is 2.57. The van der Waals surface area contributed by atoms with Gasteiger partial charge in [-0.2, -0.15) is 0 Å². The first kappa shape index (κ1) is 19.3. The zero-order chi connectivity index (χ0) is 19.3. The highest BCUT2D eigenvalue weighted by molar-refractivity contribution is 5.95. The molecule has 0 radical (unpaired) electrons. The molecule has 0 heterocycles. The van der Waals surface area contributed by atoms with Crippen molar-refractivity contribution in [2.45, 2.75) is 6.92 Å². The maximum absolute atomic E-state index is 13.9. The van der Waals surface area contributed by atoms with Crippen LogP contribution >= 0.6 is 0 Å². The van der Waals surface area contributed by atoms with Crippen molar-refractivity contribution in [3.63, 3.8) is 0 Å². The van der Waals surface area contributed by atoms with E-state index in [0.717, 1.165) is 24.0 Å². The van der Waals surface area contributed by atoms with Gasteiger partial charge in [-0.3, -0.25) is 9.59 Å². The van der Waals surface area contributed by atoms with Gasteiger partial charge in [-0.25, -0.2) is 13.2 Å². The molecule has 0 aliphatic heterocycles. The molecule has 2 aromatic rings. The summed E-state index contributed by atoms with van der Waals surface area (Å²) >= 11 is 0. The standard InChI is InChI=1S/C18H17F3N2O3/c1-11(24)23(15-7-6-14(19)16(20)17(15)21)9-8-22-18(25)12-4-3-5-13(10-12)26-2/h3-7,10H,8-9H2,1-2H3,(H,22,25). The number of carbonyl (C=O) groups excluding carboxylic acids is 2. The summed E-state index contributed by atoms with van der Waals surface area (Å²) in [5.41, 5.74) is -0.0511. The summed E-state index contributed by atoms with van der Waals surface area (Å²) in [4.78, 5) is 24.8. The minimum Gasteiger partial charge on any atom is -0.497 e. The molecule has 2 aromatic carbocycles. The summed E-state index contributed by atoms with van der Waals surface area (Å²) in [5.74, 6) is -4.95. The van der Waals surface area contributed by atoms with Crippen molar-refractivity contribution in [2.75, 3.05) is 25.1 Å². The van der Waals surface area contributed by atoms with Crippen molar-refractivity contribution in [3.8, 4) is 5.75 Å². The number of rotatable bonds is 6. The fourth-order valence-electron chi connectivity index (χ4n) is 2.32. The van der Waals surface area contributed by atoms with E-state index in [1.54, 1.807) is 18.2 Å². The van der Waals surface area contributed by atoms with E-state index in [4.69, 9.17) is 4.74 Å². The Hall–Kier alpha value is -3.03. The Morgan fingerprint density at radius 1 is 1.12 bits per heavy atom. The lowest BCUT2D eigenvalue weighted by Gasteiger charge is -2.22. The quantitative estimate of drug-likeness (QED) is 0.800. The molecular formula is C18H17F3N2O3. The van der Waals surface area contributed by atoms with Gasteiger partial charge in [0.15, 0.2) is 17.5 Å². The van der Waals surface area contributed by atoms with Crippen LogP contribution in [0.1, 0.15) is 17.3 Å². The molecule has 0 aliphatic rings. The maximum Gasteiger partial charge on any atom is 0.251 e. The second-order valence-corrected chi connectivity index (χ2v) is 5.35. The number of amides is 2. The Bertz CT molecular complexity index is 827. The van der Waals surface area contributed by atoms with Gasteiger partial charge in [-0.05, 0) is 30.3 Å². The molecule has 8 heteroatoms. The molecule has 5 nitrogen and oxygen atoms in total. The van der Waals surface area contributed by atoms with Gasteiger partial charge in [0.05, 0.1) is 12.8 Å². The van der Waals surface area contributed by atoms with Crippen molar-refractivity contribution < 1.29 is 27.5 Å². The smallest absolute Gasteiger partial charge is 0.251 e. The first-order valence-corrected chi connectivity index (χ1v) is 7.69. The van der Waals surface area contributed by atoms with E-state index in [-0.39, 0.29) is 13.1 Å². The predicted octanol–water partition coefficient (Wildman–Crippen LogP) is 2.90. The lowest BCUT2D eigenvalue weighted by molar-refractivity contribution is -0.116. The molecular weight excluding hydrogens is 349 g/mol. The van der Waals surface area contributed by atoms with E-state index >= 15 is 0 Å². The Morgan fingerprint density at radius 3 is 2.50 bits per heavy atom. The van der Waals surface area contributed by atoms with E-state index in [2.05, 4.69) is 5.32 Å². The summed E-state index contributed by atoms with van der Waals surface area (Å²) in [6, 6.07) is 8.15. The minimum atomic E-state index is -1.66. The number of hydrogen-bond donors (Lipinski definition) is 1. The van der Waals surface area contributed by atoms with Crippen LogP contribution in [0.4, 0.5) is 18.9 Å². The Morgan fingerprint density at radius 2 is 1.85 bits per heavy atom. The predicted molar refractivity (Wildman–Crippen MR) is 89.7 cm³/mol. The maximum atomic E-state index is 13.9. The molecule has 0 bridgehead atoms. The van der Waals surface area contributed by atoms with Crippen molar-refractivity contribution in [1.29, 1.82) is 0 Å². The van der Waals surface area contributed by atoms with Gasteiger partial charge >= 0.3 is 0 Å². The number of carbonyl (C=O) groups is 2. The molecule has 0 aliphatic carbocycles. The molecule has 0 fully saturated rings. The van der Waals surface area contributed by atoms with Crippen LogP contribution in [0, 0.1) is 17.5 Å². The third kappa shape index (κ3) is 4.33. The van der Waals surface area contributed by atoms with Crippen LogP contribution in [0.3, 0.4) is 0 Å². The number of hydrogen-bond acceptors (Lipinski definition) is 3. The van der Waals surface area contributed by atoms with Gasteiger partial charge in [0, 0.05) is 25.6 Å². The number of methoxy groups -OCH3 is 1. The van der Waals surface area contributed by atoms with E-state index in [1.165, 1.54) is 13.2 Å². The number of benzene rings is 2. The highest BCUT2D eigenvalue weighted by Gasteiger charge is 2.21. The molecule has 26 heavy (non-hydrogen) atoms. The van der Waals surface area contributed by atoms with Crippen molar-refractivity contribution in [2.24, 2.45) is 0 Å². The van der Waals surface area contributed by atoms with Gasteiger partial charge in [0.25, 0.3) is 5.91 Å². The zero-order valence-corrected chi connectivity index (χ0v) is 14.2. The molecule has 138 valence electrons. The molecule has 0 aromatic heterocycles. The lowest BCUT2D eigenvalue weighted by Crippen LogP contribution is -2.38. The van der Waals surface area contributed by atoms with Crippen LogP contribution in [0.15, 0.2) is 36.4 Å². The van der Waals surface area contributed by atoms with E-state index in [0.29, 0.717) is 11.3 Å². The topological polar surface area (TPSA) is 58.6 Å². The van der Waals surface area contributed by atoms with Gasteiger partial charge in [0.1, 0.15) is 5.75 Å². The number of nitrogens with one attached hydrogen (secondary N) is 1. The number of nitrogens with zero attached hydrogens (tertiary/aromatic N) is 1. The summed E-state index contributed by atoms with van der Waals surface area (Å²) in [6.07, 6.45) is 0. The lowest BCUT2D eigenvalue weighted by atomic mass is 10.2. The van der Waals surface area contributed by atoms with Gasteiger partial charge in [-0.1, -0.05) is 6.07 Å². The summed E-state index contributed by atoms with van der Waals surface area (Å²) < 4.78 is 45.4. The van der Waals surface area contributed by atoms with Crippen molar-refractivity contribution in [3.05, 3.63) is 59.4 Å². The van der Waals surface area contributed by atoms with E-state index in [9.17, 15) is 22.8 Å². The second-order valence-electron chi connectivity index (χ2n) is 5.35. The fraction of sp³-hybridized carbons (Fsp3) is 0.222. The van der Waals surface area contributed by atoms with Crippen molar-refractivity contribution in [1.82, 2.24) is 5.32 Å². The molecule has 0 unspecified atom stereocenters. The molecule has 0 spiro atoms. The molecule has 0 atom stereocenters. The second kappa shape index (κ2) is 8.37. The van der Waals surface area contributed by atoms with E-state index < -0.39 is 35.0 Å². The molecule has 0 saturated heterocycles. The van der Waals surface area contributed by atoms with E-state index in [1.807, 2.05) is 0 Å². The molecule has 0 saturated carbocycles. The van der Waals surface area contributed by atoms with Crippen LogP contribution in [-0.2, 0) is 4.79 Å². The average Bonchev–Trinajstić information content (AvgIpc) is 2.64. The Balaban J connectivity index is 2.06. The van der Waals surface area contributed by atoms with Gasteiger partial charge in [-0.15, -0.1) is 0 Å². The monoisotopic (exact) mass is 366 g/mol. The van der Waals surface area contributed by atoms with Crippen LogP contribution in [0.2, 0.25) is 0 Å². The number of ether oxygens (including phenoxy) is 1. The third-order valence-corrected chi connectivity index (χ3v) is 3.64. The average molecular weight is 366 g/mol. The molecule has 2 rings (SSSR count). The molecule has 1 N–H and O–H groups in total. The summed E-state index contributed by atoms with van der Waals surface area (Å²) in [6.45, 7) is 1.02. The van der Waals surface area contributed by atoms with Gasteiger partial charge < -0.3 is 15.0 Å². The molecule has 2 amide bonds. The van der Waals surface area contributed by atoms with Crippen LogP contribution < -0.4 is 15.0 Å². The van der Waals surface area contributed by atoms with Crippen LogP contribution in [0.5, 0.6) is 5.75 Å². The largest absolute Gasteiger partial charge is 0.497 e.